The Morgan fingerprint density at radius 2 is 1.58 bits per heavy atom. The summed E-state index contributed by atoms with van der Waals surface area (Å²) in [5.41, 5.74) is 2.24. The first-order valence-corrected chi connectivity index (χ1v) is 7.73. The number of nitrogens with zero attached hydrogens (tertiary/aromatic N) is 1. The molecule has 1 aliphatic carbocycles. The van der Waals surface area contributed by atoms with Crippen molar-refractivity contribution in [3.63, 3.8) is 0 Å². The van der Waals surface area contributed by atoms with Crippen molar-refractivity contribution in [2.75, 3.05) is 5.32 Å². The highest BCUT2D eigenvalue weighted by Crippen LogP contribution is 2.31. The van der Waals surface area contributed by atoms with Crippen molar-refractivity contribution in [3.8, 4) is 0 Å². The van der Waals surface area contributed by atoms with E-state index in [-0.39, 0.29) is 22.3 Å². The van der Waals surface area contributed by atoms with Gasteiger partial charge in [-0.3, -0.25) is 14.6 Å². The maximum Gasteiger partial charge on any atom is 0.211 e. The third kappa shape index (κ3) is 2.20. The Morgan fingerprint density at radius 1 is 0.833 bits per heavy atom. The van der Waals surface area contributed by atoms with Crippen molar-refractivity contribution in [3.05, 3.63) is 82.7 Å². The summed E-state index contributed by atoms with van der Waals surface area (Å²) in [6.45, 7) is 0. The van der Waals surface area contributed by atoms with Crippen molar-refractivity contribution in [1.82, 2.24) is 4.98 Å². The molecule has 0 atom stereocenters. The van der Waals surface area contributed by atoms with Crippen LogP contribution in [0, 0.1) is 0 Å². The van der Waals surface area contributed by atoms with Crippen LogP contribution in [0.1, 0.15) is 20.7 Å². The highest BCUT2D eigenvalue weighted by atomic mass is 35.5. The third-order valence-corrected chi connectivity index (χ3v) is 4.33. The number of anilines is 1. The van der Waals surface area contributed by atoms with E-state index < -0.39 is 0 Å². The molecule has 0 radical (unpaired) electrons. The molecule has 5 heteroatoms. The van der Waals surface area contributed by atoms with Crippen molar-refractivity contribution < 1.29 is 9.59 Å². The quantitative estimate of drug-likeness (QED) is 0.764. The molecule has 0 amide bonds. The molecular weight excluding hydrogens is 324 g/mol. The Hall–Kier alpha value is -2.98. The van der Waals surface area contributed by atoms with E-state index in [0.29, 0.717) is 16.8 Å². The zero-order valence-electron chi connectivity index (χ0n) is 12.4. The summed E-state index contributed by atoms with van der Waals surface area (Å²) in [6.07, 6.45) is 1.70. The Kier molecular flexibility index (Phi) is 3.40. The first-order valence-electron chi connectivity index (χ1n) is 7.36. The van der Waals surface area contributed by atoms with Crippen LogP contribution in [0.2, 0.25) is 0 Å². The number of allylic oxidation sites excluding steroid dienone is 2. The number of rotatable bonds is 2. The molecule has 1 aromatic heterocycles. The average Bonchev–Trinajstić information content (AvgIpc) is 2.63. The summed E-state index contributed by atoms with van der Waals surface area (Å²) in [7, 11) is 0. The molecule has 0 saturated heterocycles. The standard InChI is InChI=1S/C19H11ClN2O2/c20-16-17(19(24)12-6-2-1-5-11(12)18(16)23)22-15-9-3-8-14-13(15)7-4-10-21-14/h1-10,22H. The number of Topliss-reactive ketones (excluding diaryl/α,β-unsaturated/α-hetero) is 2. The van der Waals surface area contributed by atoms with Crippen LogP contribution in [0.15, 0.2) is 71.5 Å². The number of ketones is 2. The number of pyridine rings is 1. The molecule has 0 unspecified atom stereocenters. The van der Waals surface area contributed by atoms with Gasteiger partial charge >= 0.3 is 0 Å². The van der Waals surface area contributed by atoms with E-state index in [1.807, 2.05) is 30.3 Å². The predicted molar refractivity (Wildman–Crippen MR) is 93.3 cm³/mol. The van der Waals surface area contributed by atoms with Gasteiger partial charge in [0, 0.05) is 28.4 Å². The number of fused-ring (bicyclic) bond motifs is 2. The number of carbonyl (C=O) groups excluding carboxylic acids is 2. The summed E-state index contributed by atoms with van der Waals surface area (Å²) in [6, 6.07) is 15.9. The average molecular weight is 335 g/mol. The van der Waals surface area contributed by atoms with E-state index in [1.165, 1.54) is 0 Å². The van der Waals surface area contributed by atoms with E-state index in [4.69, 9.17) is 11.6 Å². The maximum absolute atomic E-state index is 12.7. The Bertz CT molecular complexity index is 1030. The number of aromatic nitrogens is 1. The van der Waals surface area contributed by atoms with E-state index in [9.17, 15) is 9.59 Å². The lowest BCUT2D eigenvalue weighted by molar-refractivity contribution is 0.0982. The van der Waals surface area contributed by atoms with Crippen LogP contribution in [0.3, 0.4) is 0 Å². The highest BCUT2D eigenvalue weighted by Gasteiger charge is 2.31. The Balaban J connectivity index is 1.83. The van der Waals surface area contributed by atoms with Gasteiger partial charge in [0.2, 0.25) is 11.6 Å². The van der Waals surface area contributed by atoms with Crippen LogP contribution >= 0.6 is 11.6 Å². The molecule has 0 fully saturated rings. The third-order valence-electron chi connectivity index (χ3n) is 3.97. The van der Waals surface area contributed by atoms with Crippen LogP contribution in [0.25, 0.3) is 10.9 Å². The smallest absolute Gasteiger partial charge is 0.211 e. The van der Waals surface area contributed by atoms with Crippen LogP contribution in [-0.2, 0) is 0 Å². The van der Waals surface area contributed by atoms with Crippen molar-refractivity contribution in [2.45, 2.75) is 0 Å². The van der Waals surface area contributed by atoms with E-state index in [0.717, 1.165) is 10.9 Å². The Morgan fingerprint density at radius 3 is 2.38 bits per heavy atom. The molecular formula is C19H11ClN2O2. The molecule has 2 aromatic carbocycles. The van der Waals surface area contributed by atoms with Gasteiger partial charge in [-0.15, -0.1) is 0 Å². The van der Waals surface area contributed by atoms with E-state index in [2.05, 4.69) is 10.3 Å². The lowest BCUT2D eigenvalue weighted by Gasteiger charge is -2.19. The van der Waals surface area contributed by atoms with Gasteiger partial charge in [0.15, 0.2) is 0 Å². The van der Waals surface area contributed by atoms with Gasteiger partial charge in [-0.25, -0.2) is 0 Å². The van der Waals surface area contributed by atoms with Gasteiger partial charge in [0.25, 0.3) is 0 Å². The second-order valence-electron chi connectivity index (χ2n) is 5.39. The molecule has 116 valence electrons. The SMILES string of the molecule is O=C1C(Cl)=C(Nc2cccc3ncccc23)C(=O)c2ccccc21. The zero-order valence-corrected chi connectivity index (χ0v) is 13.2. The number of hydrogen-bond acceptors (Lipinski definition) is 4. The number of carbonyl (C=O) groups is 2. The van der Waals surface area contributed by atoms with E-state index in [1.54, 1.807) is 30.5 Å². The van der Waals surface area contributed by atoms with Gasteiger partial charge < -0.3 is 5.32 Å². The van der Waals surface area contributed by atoms with Crippen LogP contribution in [0.5, 0.6) is 0 Å². The molecule has 1 aliphatic rings. The minimum absolute atomic E-state index is 0.0942. The number of hydrogen-bond donors (Lipinski definition) is 1. The fraction of sp³-hybridized carbons (Fsp3) is 0. The summed E-state index contributed by atoms with van der Waals surface area (Å²) >= 11 is 6.19. The second-order valence-corrected chi connectivity index (χ2v) is 5.77. The molecule has 4 nitrogen and oxygen atoms in total. The minimum atomic E-state index is -0.354. The number of nitrogens with one attached hydrogen (secondary N) is 1. The normalized spacial score (nSPS) is 14.0. The first kappa shape index (κ1) is 14.6. The van der Waals surface area contributed by atoms with Gasteiger partial charge in [-0.1, -0.05) is 41.9 Å². The summed E-state index contributed by atoms with van der Waals surface area (Å²) in [5.74, 6) is -0.649. The Labute approximate surface area is 142 Å². The zero-order chi connectivity index (χ0) is 16.7. The molecule has 0 saturated carbocycles. The highest BCUT2D eigenvalue weighted by molar-refractivity contribution is 6.50. The largest absolute Gasteiger partial charge is 0.350 e. The topological polar surface area (TPSA) is 59.1 Å². The predicted octanol–water partition coefficient (Wildman–Crippen LogP) is 4.18. The molecule has 0 spiro atoms. The van der Waals surface area contributed by atoms with Crippen LogP contribution < -0.4 is 5.32 Å². The molecule has 4 rings (SSSR count). The molecule has 24 heavy (non-hydrogen) atoms. The van der Waals surface area contributed by atoms with Gasteiger partial charge in [-0.2, -0.15) is 0 Å². The van der Waals surface area contributed by atoms with Crippen molar-refractivity contribution in [2.24, 2.45) is 0 Å². The second kappa shape index (κ2) is 5.58. The first-order chi connectivity index (χ1) is 11.7. The molecule has 0 bridgehead atoms. The lowest BCUT2D eigenvalue weighted by atomic mass is 9.92. The molecule has 0 aliphatic heterocycles. The molecule has 1 N–H and O–H groups in total. The van der Waals surface area contributed by atoms with E-state index >= 15 is 0 Å². The maximum atomic E-state index is 12.7. The fourth-order valence-electron chi connectivity index (χ4n) is 2.80. The van der Waals surface area contributed by atoms with Crippen molar-refractivity contribution in [1.29, 1.82) is 0 Å². The van der Waals surface area contributed by atoms with Crippen LogP contribution in [0.4, 0.5) is 5.69 Å². The number of benzene rings is 2. The monoisotopic (exact) mass is 334 g/mol. The lowest BCUT2D eigenvalue weighted by Crippen LogP contribution is -2.24. The number of halogens is 1. The summed E-state index contributed by atoms with van der Waals surface area (Å²) in [5, 5.41) is 3.78. The minimum Gasteiger partial charge on any atom is -0.350 e. The molecule has 3 aromatic rings. The van der Waals surface area contributed by atoms with Crippen LogP contribution in [-0.4, -0.2) is 16.6 Å². The van der Waals surface area contributed by atoms with Gasteiger partial charge in [0.1, 0.15) is 10.7 Å². The van der Waals surface area contributed by atoms with Gasteiger partial charge in [0.05, 0.1) is 5.52 Å². The van der Waals surface area contributed by atoms with Gasteiger partial charge in [-0.05, 0) is 24.3 Å². The summed E-state index contributed by atoms with van der Waals surface area (Å²) < 4.78 is 0. The fourth-order valence-corrected chi connectivity index (χ4v) is 3.04. The molecule has 1 heterocycles. The summed E-state index contributed by atoms with van der Waals surface area (Å²) in [4.78, 5) is 29.5. The van der Waals surface area contributed by atoms with Crippen molar-refractivity contribution >= 4 is 39.8 Å².